The maximum atomic E-state index is 13.9. The molecule has 33 heavy (non-hydrogen) atoms. The number of carbonyl (C=O) groups excluding carboxylic acids is 1. The highest BCUT2D eigenvalue weighted by Crippen LogP contribution is 2.42. The number of rotatable bonds is 8. The van der Waals surface area contributed by atoms with E-state index in [9.17, 15) is 28.8 Å². The van der Waals surface area contributed by atoms with Crippen molar-refractivity contribution in [2.45, 2.75) is 62.4 Å². The summed E-state index contributed by atoms with van der Waals surface area (Å²) in [4.78, 5) is 27.2. The van der Waals surface area contributed by atoms with Gasteiger partial charge in [-0.1, -0.05) is 11.0 Å². The fourth-order valence-corrected chi connectivity index (χ4v) is 3.74. The second-order valence-corrected chi connectivity index (χ2v) is 8.48. The van der Waals surface area contributed by atoms with Crippen LogP contribution in [-0.2, 0) is 23.4 Å². The van der Waals surface area contributed by atoms with Crippen LogP contribution in [0.3, 0.4) is 0 Å². The quantitative estimate of drug-likeness (QED) is 0.143. The van der Waals surface area contributed by atoms with Gasteiger partial charge in [-0.05, 0) is 25.3 Å². The van der Waals surface area contributed by atoms with Crippen molar-refractivity contribution in [1.82, 2.24) is 14.6 Å². The summed E-state index contributed by atoms with van der Waals surface area (Å²) in [6.45, 7) is 4.56. The summed E-state index contributed by atoms with van der Waals surface area (Å²) < 4.78 is 41.9. The van der Waals surface area contributed by atoms with Gasteiger partial charge in [0.1, 0.15) is 33.9 Å². The van der Waals surface area contributed by atoms with Crippen LogP contribution in [0.1, 0.15) is 27.0 Å². The smallest absolute Gasteiger partial charge is 0.462 e. The van der Waals surface area contributed by atoms with Gasteiger partial charge in [0, 0.05) is 0 Å². The van der Waals surface area contributed by atoms with Crippen LogP contribution in [0.25, 0.3) is 0 Å². The zero-order valence-electron chi connectivity index (χ0n) is 17.8. The number of halogens is 1. The summed E-state index contributed by atoms with van der Waals surface area (Å²) in [6.07, 6.45) is -0.506. The van der Waals surface area contributed by atoms with E-state index in [0.717, 1.165) is 0 Å². The molecule has 0 spiro atoms. The molecule has 1 aromatic rings. The molecule has 1 fully saturated rings. The first-order chi connectivity index (χ1) is 15.1. The lowest BCUT2D eigenvalue weighted by Crippen LogP contribution is -2.55. The highest BCUT2D eigenvalue weighted by Gasteiger charge is 2.61. The number of nitrogens with two attached hydrogens (primary N) is 1. The van der Waals surface area contributed by atoms with Gasteiger partial charge in [0.15, 0.2) is 23.5 Å². The molecule has 0 amide bonds. The lowest BCUT2D eigenvalue weighted by molar-refractivity contribution is -0.149. The number of carbonyl (C=O) groups is 1. The van der Waals surface area contributed by atoms with Crippen molar-refractivity contribution >= 4 is 35.7 Å². The summed E-state index contributed by atoms with van der Waals surface area (Å²) >= 11 is 0. The van der Waals surface area contributed by atoms with Crippen LogP contribution in [0.4, 0.5) is 10.2 Å². The van der Waals surface area contributed by atoms with Crippen molar-refractivity contribution in [3.63, 3.8) is 0 Å². The number of aliphatic hydroxyl groups excluding tert-OH is 1. The fraction of sp³-hybridized carbons (Fsp3) is 0.588. The van der Waals surface area contributed by atoms with E-state index in [1.807, 2.05) is 5.92 Å². The molecule has 1 aliphatic rings. The molecule has 174 valence electrons. The standard InChI is InChI=1S/C17H20B2FN4O8P/c1-5-16(28)10(25)11(31-14(16)24-6-9(20)12(21)22-15(24)27)17(18,19)32-33(29)23-8(4)13(26)30-7(2)3/h1,6-8,10-11,14,25,28H,2-4H3,(H2-,21,22,23,27,29)/p+1/t8-,10-,11?,14+,16?/m0/s1. The van der Waals surface area contributed by atoms with E-state index in [2.05, 4.69) is 10.1 Å². The molecular formula is C17H21B2FN4O8P+. The van der Waals surface area contributed by atoms with Crippen LogP contribution in [-0.4, -0.2) is 76.8 Å². The number of nitrogen functional groups attached to an aromatic ring is 1. The molecular weight excluding hydrogens is 460 g/mol. The van der Waals surface area contributed by atoms with Crippen LogP contribution in [0.5, 0.6) is 0 Å². The highest BCUT2D eigenvalue weighted by atomic mass is 31.1. The van der Waals surface area contributed by atoms with Crippen LogP contribution < -0.4 is 16.5 Å². The Kier molecular flexibility index (Phi) is 8.06. The number of aliphatic hydroxyl groups is 2. The summed E-state index contributed by atoms with van der Waals surface area (Å²) in [5, 5.41) is 21.0. The van der Waals surface area contributed by atoms with E-state index in [4.69, 9.17) is 41.8 Å². The molecule has 2 heterocycles. The molecule has 0 aliphatic carbocycles. The molecule has 0 saturated carbocycles. The normalized spacial score (nSPS) is 26.6. The molecule has 2 rings (SSSR count). The molecule has 1 aliphatic heterocycles. The summed E-state index contributed by atoms with van der Waals surface area (Å²) in [6, 6.07) is -1.10. The Morgan fingerprint density at radius 1 is 1.55 bits per heavy atom. The molecule has 1 saturated heterocycles. The van der Waals surface area contributed by atoms with E-state index in [1.54, 1.807) is 13.8 Å². The zero-order valence-corrected chi connectivity index (χ0v) is 18.7. The largest absolute Gasteiger partial charge is 0.612 e. The Bertz CT molecular complexity index is 1040. The third kappa shape index (κ3) is 5.60. The number of hydrogen-bond acceptors (Lipinski definition) is 10. The topological polar surface area (TPSA) is 175 Å². The highest BCUT2D eigenvalue weighted by molar-refractivity contribution is 7.37. The molecule has 4 radical (unpaired) electrons. The van der Waals surface area contributed by atoms with Gasteiger partial charge in [-0.25, -0.2) is 9.18 Å². The van der Waals surface area contributed by atoms with Gasteiger partial charge in [0.2, 0.25) is 0 Å². The SMILES string of the molecule is [B]C([B])(O[P+](=O)N[C@@H](C)C(=O)OC(C)C)C1O[C@@H](n2cc(F)c(N)nc2=O)C(O)(C#C)[C@H]1O. The number of terminal acetylenes is 1. The van der Waals surface area contributed by atoms with E-state index in [-0.39, 0.29) is 0 Å². The predicted octanol–water partition coefficient (Wildman–Crippen LogP) is -1.82. The number of esters is 1. The number of aromatic nitrogens is 2. The molecule has 12 nitrogen and oxygen atoms in total. The Hall–Kier alpha value is -2.33. The third-order valence-electron chi connectivity index (χ3n) is 4.50. The first-order valence-corrected chi connectivity index (χ1v) is 10.6. The lowest BCUT2D eigenvalue weighted by atomic mass is 9.60. The Morgan fingerprint density at radius 2 is 2.15 bits per heavy atom. The second kappa shape index (κ2) is 9.89. The van der Waals surface area contributed by atoms with Crippen molar-refractivity contribution in [3.05, 3.63) is 22.5 Å². The summed E-state index contributed by atoms with van der Waals surface area (Å²) in [7, 11) is 8.66. The molecule has 3 unspecified atom stereocenters. The molecule has 0 aromatic carbocycles. The maximum absolute atomic E-state index is 13.9. The molecule has 16 heteroatoms. The first-order valence-electron chi connectivity index (χ1n) is 9.42. The number of ether oxygens (including phenoxy) is 2. The second-order valence-electron chi connectivity index (χ2n) is 7.53. The van der Waals surface area contributed by atoms with E-state index >= 15 is 0 Å². The van der Waals surface area contributed by atoms with Gasteiger partial charge in [0.05, 0.1) is 17.7 Å². The van der Waals surface area contributed by atoms with Gasteiger partial charge in [-0.15, -0.1) is 10.9 Å². The van der Waals surface area contributed by atoms with Crippen molar-refractivity contribution in [2.24, 2.45) is 0 Å². The van der Waals surface area contributed by atoms with Gasteiger partial charge >= 0.3 is 19.8 Å². The molecule has 1 aromatic heterocycles. The molecule has 6 atom stereocenters. The van der Waals surface area contributed by atoms with Crippen LogP contribution in [0, 0.1) is 18.2 Å². The van der Waals surface area contributed by atoms with Gasteiger partial charge in [-0.2, -0.15) is 4.98 Å². The minimum Gasteiger partial charge on any atom is -0.462 e. The van der Waals surface area contributed by atoms with Crippen molar-refractivity contribution in [2.75, 3.05) is 5.73 Å². The monoisotopic (exact) mass is 481 g/mol. The minimum absolute atomic E-state index is 0.430. The summed E-state index contributed by atoms with van der Waals surface area (Å²) in [5.74, 6) is -0.767. The number of nitrogens with zero attached hydrogens (tertiary/aromatic N) is 2. The fourth-order valence-electron chi connectivity index (χ4n) is 2.87. The zero-order chi connectivity index (χ0) is 25.3. The third-order valence-corrected chi connectivity index (χ3v) is 5.58. The molecule has 0 bridgehead atoms. The predicted molar refractivity (Wildman–Crippen MR) is 113 cm³/mol. The van der Waals surface area contributed by atoms with E-state index < -0.39 is 73.1 Å². The average Bonchev–Trinajstić information content (AvgIpc) is 2.96. The number of anilines is 1. The Balaban J connectivity index is 2.26. The van der Waals surface area contributed by atoms with Gasteiger partial charge in [-0.3, -0.25) is 9.36 Å². The van der Waals surface area contributed by atoms with Crippen molar-refractivity contribution in [1.29, 1.82) is 0 Å². The first kappa shape index (κ1) is 26.9. The van der Waals surface area contributed by atoms with E-state index in [1.165, 1.54) is 6.92 Å². The van der Waals surface area contributed by atoms with Crippen LogP contribution >= 0.6 is 8.18 Å². The Labute approximate surface area is 191 Å². The van der Waals surface area contributed by atoms with E-state index in [0.29, 0.717) is 10.8 Å². The Morgan fingerprint density at radius 3 is 2.70 bits per heavy atom. The maximum Gasteiger partial charge on any atom is 0.612 e. The lowest BCUT2D eigenvalue weighted by Gasteiger charge is -2.29. The average molecular weight is 481 g/mol. The van der Waals surface area contributed by atoms with Crippen LogP contribution in [0.15, 0.2) is 11.0 Å². The van der Waals surface area contributed by atoms with Gasteiger partial charge in [0.25, 0.3) is 0 Å². The number of hydrogen-bond donors (Lipinski definition) is 4. The molecule has 5 N–H and O–H groups in total. The van der Waals surface area contributed by atoms with Crippen molar-refractivity contribution < 1.29 is 38.0 Å². The van der Waals surface area contributed by atoms with Crippen LogP contribution in [0.2, 0.25) is 0 Å². The minimum atomic E-state index is -2.95. The number of nitrogens with one attached hydrogen (secondary N) is 1. The van der Waals surface area contributed by atoms with Gasteiger partial charge < -0.3 is 25.4 Å². The van der Waals surface area contributed by atoms with Crippen molar-refractivity contribution in [3.8, 4) is 12.3 Å². The summed E-state index contributed by atoms with van der Waals surface area (Å²) in [5.41, 5.74) is 1.39.